The van der Waals surface area contributed by atoms with Crippen LogP contribution in [0.3, 0.4) is 0 Å². The lowest BCUT2D eigenvalue weighted by Crippen LogP contribution is -2.35. The zero-order valence-electron chi connectivity index (χ0n) is 17.6. The van der Waals surface area contributed by atoms with E-state index in [9.17, 15) is 13.2 Å². The highest BCUT2D eigenvalue weighted by atomic mass is 35.5. The van der Waals surface area contributed by atoms with E-state index in [2.05, 4.69) is 5.32 Å². The van der Waals surface area contributed by atoms with Gasteiger partial charge in [0.15, 0.2) is 11.5 Å². The van der Waals surface area contributed by atoms with Gasteiger partial charge in [-0.15, -0.1) is 0 Å². The molecule has 0 aromatic heterocycles. The minimum absolute atomic E-state index is 0.0393. The number of rotatable bonds is 4. The highest BCUT2D eigenvalue weighted by molar-refractivity contribution is 7.89. The van der Waals surface area contributed by atoms with Crippen LogP contribution in [-0.4, -0.2) is 37.5 Å². The van der Waals surface area contributed by atoms with Crippen LogP contribution < -0.4 is 14.8 Å². The monoisotopic (exact) mass is 476 g/mol. The fourth-order valence-corrected chi connectivity index (χ4v) is 6.60. The van der Waals surface area contributed by atoms with Crippen molar-refractivity contribution in [1.29, 1.82) is 0 Å². The van der Waals surface area contributed by atoms with E-state index in [1.165, 1.54) is 22.5 Å². The van der Waals surface area contributed by atoms with E-state index in [4.69, 9.17) is 21.1 Å². The first-order chi connectivity index (χ1) is 15.4. The van der Waals surface area contributed by atoms with Crippen LogP contribution in [0.25, 0.3) is 0 Å². The van der Waals surface area contributed by atoms with Crippen molar-refractivity contribution < 1.29 is 22.7 Å². The lowest BCUT2D eigenvalue weighted by atomic mass is 10.2. The van der Waals surface area contributed by atoms with E-state index in [0.717, 1.165) is 44.9 Å². The summed E-state index contributed by atoms with van der Waals surface area (Å²) < 4.78 is 39.6. The van der Waals surface area contributed by atoms with Gasteiger partial charge < -0.3 is 14.8 Å². The van der Waals surface area contributed by atoms with E-state index in [0.29, 0.717) is 30.3 Å². The number of piperidine rings is 1. The molecule has 1 saturated heterocycles. The SMILES string of the molecule is O=C(Nc1ccc2c(c1)OC1(CCCC1)O2)c1ccc(Cl)c(S(=O)(=O)N2CCCCC2)c1. The molecular weight excluding hydrogens is 452 g/mol. The predicted molar refractivity (Wildman–Crippen MR) is 121 cm³/mol. The lowest BCUT2D eigenvalue weighted by molar-refractivity contribution is -0.0716. The maximum absolute atomic E-state index is 13.1. The summed E-state index contributed by atoms with van der Waals surface area (Å²) in [6.07, 6.45) is 6.49. The van der Waals surface area contributed by atoms with Crippen LogP contribution in [0, 0.1) is 0 Å². The topological polar surface area (TPSA) is 84.9 Å². The van der Waals surface area contributed by atoms with E-state index < -0.39 is 21.7 Å². The second kappa shape index (κ2) is 8.24. The minimum Gasteiger partial charge on any atom is -0.448 e. The molecule has 1 aliphatic carbocycles. The summed E-state index contributed by atoms with van der Waals surface area (Å²) >= 11 is 6.22. The van der Waals surface area contributed by atoms with Crippen LogP contribution in [0.1, 0.15) is 55.3 Å². The van der Waals surface area contributed by atoms with Gasteiger partial charge in [0.2, 0.25) is 10.0 Å². The van der Waals surface area contributed by atoms with Crippen LogP contribution in [0.15, 0.2) is 41.3 Å². The highest BCUT2D eigenvalue weighted by Gasteiger charge is 2.44. The molecule has 5 rings (SSSR count). The Balaban J connectivity index is 1.35. The molecule has 2 aromatic rings. The number of anilines is 1. The molecule has 1 saturated carbocycles. The largest absolute Gasteiger partial charge is 0.448 e. The molecule has 2 aromatic carbocycles. The molecule has 9 heteroatoms. The van der Waals surface area contributed by atoms with E-state index >= 15 is 0 Å². The molecule has 0 atom stereocenters. The highest BCUT2D eigenvalue weighted by Crippen LogP contribution is 2.47. The number of ether oxygens (including phenoxy) is 2. The molecule has 0 unspecified atom stereocenters. The van der Waals surface area contributed by atoms with Crippen molar-refractivity contribution in [2.75, 3.05) is 18.4 Å². The molecule has 1 spiro atoms. The number of fused-ring (bicyclic) bond motifs is 1. The normalized spacial score (nSPS) is 19.9. The molecule has 170 valence electrons. The Morgan fingerprint density at radius 2 is 1.66 bits per heavy atom. The Labute approximate surface area is 192 Å². The fourth-order valence-electron chi connectivity index (χ4n) is 4.58. The van der Waals surface area contributed by atoms with E-state index in [-0.39, 0.29) is 15.5 Å². The number of carbonyl (C=O) groups is 1. The summed E-state index contributed by atoms with van der Waals surface area (Å²) in [6, 6.07) is 9.59. The van der Waals surface area contributed by atoms with E-state index in [1.807, 2.05) is 0 Å². The minimum atomic E-state index is -3.76. The van der Waals surface area contributed by atoms with Crippen LogP contribution >= 0.6 is 11.6 Å². The van der Waals surface area contributed by atoms with Crippen LogP contribution in [-0.2, 0) is 10.0 Å². The number of amides is 1. The van der Waals surface area contributed by atoms with Gasteiger partial charge in [-0.05, 0) is 56.0 Å². The number of hydrogen-bond acceptors (Lipinski definition) is 5. The first-order valence-corrected chi connectivity index (χ1v) is 12.8. The van der Waals surface area contributed by atoms with Crippen molar-refractivity contribution in [2.45, 2.75) is 55.6 Å². The fraction of sp³-hybridized carbons (Fsp3) is 0.435. The van der Waals surface area contributed by atoms with Gasteiger partial charge in [-0.25, -0.2) is 8.42 Å². The average molecular weight is 477 g/mol. The summed E-state index contributed by atoms with van der Waals surface area (Å²) in [6.45, 7) is 0.932. The summed E-state index contributed by atoms with van der Waals surface area (Å²) in [7, 11) is -3.76. The Hall–Kier alpha value is -2.29. The first kappa shape index (κ1) is 21.6. The number of benzene rings is 2. The van der Waals surface area contributed by atoms with Crippen molar-refractivity contribution >= 4 is 33.2 Å². The standard InChI is InChI=1S/C23H25ClN2O5S/c24-18-8-6-16(14-21(18)32(28,29)26-12-4-1-5-13-26)22(27)25-17-7-9-19-20(15-17)31-23(30-19)10-2-3-11-23/h6-9,14-15H,1-5,10-13H2,(H,25,27). The number of sulfonamides is 1. The molecule has 7 nitrogen and oxygen atoms in total. The molecule has 0 radical (unpaired) electrons. The first-order valence-electron chi connectivity index (χ1n) is 11.0. The number of carbonyl (C=O) groups excluding carboxylic acids is 1. The summed E-state index contributed by atoms with van der Waals surface area (Å²) in [4.78, 5) is 12.9. The molecule has 2 fully saturated rings. The molecule has 1 amide bonds. The van der Waals surface area contributed by atoms with Gasteiger partial charge in [0.05, 0.1) is 5.02 Å². The summed E-state index contributed by atoms with van der Waals surface area (Å²) in [5, 5.41) is 2.93. The maximum Gasteiger partial charge on any atom is 0.255 e. The zero-order chi connectivity index (χ0) is 22.3. The number of nitrogens with zero attached hydrogens (tertiary/aromatic N) is 1. The smallest absolute Gasteiger partial charge is 0.255 e. The van der Waals surface area contributed by atoms with Crippen molar-refractivity contribution in [3.63, 3.8) is 0 Å². The molecule has 2 aliphatic heterocycles. The predicted octanol–water partition coefficient (Wildman–Crippen LogP) is 4.81. The number of halogens is 1. The maximum atomic E-state index is 13.1. The molecule has 32 heavy (non-hydrogen) atoms. The molecular formula is C23H25ClN2O5S. The molecule has 0 bridgehead atoms. The van der Waals surface area contributed by atoms with Gasteiger partial charge in [0.25, 0.3) is 11.7 Å². The van der Waals surface area contributed by atoms with Gasteiger partial charge >= 0.3 is 0 Å². The van der Waals surface area contributed by atoms with Gasteiger partial charge in [0, 0.05) is 43.2 Å². The van der Waals surface area contributed by atoms with Crippen LogP contribution in [0.2, 0.25) is 5.02 Å². The van der Waals surface area contributed by atoms with Gasteiger partial charge in [-0.2, -0.15) is 4.31 Å². The molecule has 1 N–H and O–H groups in total. The van der Waals surface area contributed by atoms with Gasteiger partial charge in [-0.1, -0.05) is 18.0 Å². The second-order valence-electron chi connectivity index (χ2n) is 8.55. The van der Waals surface area contributed by atoms with E-state index in [1.54, 1.807) is 18.2 Å². The van der Waals surface area contributed by atoms with Crippen molar-refractivity contribution in [3.8, 4) is 11.5 Å². The molecule has 2 heterocycles. The molecule has 3 aliphatic rings. The van der Waals surface area contributed by atoms with Crippen molar-refractivity contribution in [1.82, 2.24) is 4.31 Å². The van der Waals surface area contributed by atoms with Gasteiger partial charge in [-0.3, -0.25) is 4.79 Å². The van der Waals surface area contributed by atoms with Crippen LogP contribution in [0.5, 0.6) is 11.5 Å². The summed E-state index contributed by atoms with van der Waals surface area (Å²) in [5.41, 5.74) is 0.762. The summed E-state index contributed by atoms with van der Waals surface area (Å²) in [5.74, 6) is 0.283. The quantitative estimate of drug-likeness (QED) is 0.684. The Morgan fingerprint density at radius 3 is 2.41 bits per heavy atom. The lowest BCUT2D eigenvalue weighted by Gasteiger charge is -2.26. The third-order valence-electron chi connectivity index (χ3n) is 6.29. The third-order valence-corrected chi connectivity index (χ3v) is 8.67. The van der Waals surface area contributed by atoms with Gasteiger partial charge in [0.1, 0.15) is 4.90 Å². The van der Waals surface area contributed by atoms with Crippen molar-refractivity contribution in [3.05, 3.63) is 47.0 Å². The Bertz CT molecular complexity index is 1150. The Kier molecular flexibility index (Phi) is 5.55. The third kappa shape index (κ3) is 3.95. The Morgan fingerprint density at radius 1 is 0.938 bits per heavy atom. The second-order valence-corrected chi connectivity index (χ2v) is 10.9. The average Bonchev–Trinajstić information content (AvgIpc) is 3.39. The number of nitrogens with one attached hydrogen (secondary N) is 1. The number of hydrogen-bond donors (Lipinski definition) is 1. The van der Waals surface area contributed by atoms with Crippen LogP contribution in [0.4, 0.5) is 5.69 Å². The van der Waals surface area contributed by atoms with Crippen molar-refractivity contribution in [2.24, 2.45) is 0 Å². The zero-order valence-corrected chi connectivity index (χ0v) is 19.2.